The van der Waals surface area contributed by atoms with E-state index in [9.17, 15) is 4.80 Å². The molecule has 0 radical (unpaired) electrons. The topological polar surface area (TPSA) is 86.0 Å². The van der Waals surface area contributed by atoms with Gasteiger partial charge >= 0.3 is 17.4 Å². The van der Waals surface area contributed by atoms with Crippen molar-refractivity contribution < 1.29 is 17.5 Å². The summed E-state index contributed by atoms with van der Waals surface area (Å²) in [6, 6.07) is 0.550. The molecule has 1 unspecified atom stereocenters. The number of nitrogens with one attached hydrogen (secondary N) is 1. The standard InChI is InChI=1S/C11H32N2O4Si3/c1-15-19(5,6)17-20(14,16-18(2,3)4)11-7-9-13-10-8-12/h13-14H,7-12H2,1-6H3. The van der Waals surface area contributed by atoms with Crippen molar-refractivity contribution in [1.29, 1.82) is 0 Å². The highest BCUT2D eigenvalue weighted by Gasteiger charge is 2.46. The average molecular weight is 341 g/mol. The molecule has 0 aromatic rings. The molecule has 0 amide bonds. The Morgan fingerprint density at radius 3 is 2.10 bits per heavy atom. The molecule has 0 fully saturated rings. The number of hydrogen-bond acceptors (Lipinski definition) is 6. The second-order valence-electron chi connectivity index (χ2n) is 6.28. The summed E-state index contributed by atoms with van der Waals surface area (Å²) < 4.78 is 17.3. The van der Waals surface area contributed by atoms with Crippen molar-refractivity contribution in [2.45, 2.75) is 45.2 Å². The van der Waals surface area contributed by atoms with Crippen LogP contribution in [-0.4, -0.2) is 57.2 Å². The molecule has 0 heterocycles. The van der Waals surface area contributed by atoms with Crippen LogP contribution in [0, 0.1) is 0 Å². The second-order valence-corrected chi connectivity index (χ2v) is 17.3. The Hall–Kier alpha value is 0.411. The molecule has 4 N–H and O–H groups in total. The highest BCUT2D eigenvalue weighted by atomic mass is 28.5. The normalized spacial score (nSPS) is 16.2. The molecular formula is C11H32N2O4Si3. The molecule has 1 atom stereocenters. The highest BCUT2D eigenvalue weighted by molar-refractivity contribution is 6.83. The van der Waals surface area contributed by atoms with E-state index in [1.54, 1.807) is 7.11 Å². The third-order valence-corrected chi connectivity index (χ3v) is 11.5. The lowest BCUT2D eigenvalue weighted by molar-refractivity contribution is 0.201. The van der Waals surface area contributed by atoms with E-state index >= 15 is 0 Å². The van der Waals surface area contributed by atoms with Crippen LogP contribution in [0.4, 0.5) is 0 Å². The Kier molecular flexibility index (Phi) is 8.94. The fourth-order valence-electron chi connectivity index (χ4n) is 1.69. The van der Waals surface area contributed by atoms with E-state index < -0.39 is 25.7 Å². The van der Waals surface area contributed by atoms with Gasteiger partial charge in [-0.05, 0) is 45.7 Å². The maximum atomic E-state index is 10.8. The fraction of sp³-hybridized carbons (Fsp3) is 1.00. The highest BCUT2D eigenvalue weighted by Crippen LogP contribution is 2.23. The summed E-state index contributed by atoms with van der Waals surface area (Å²) in [6.45, 7) is 12.2. The van der Waals surface area contributed by atoms with Crippen molar-refractivity contribution in [2.75, 3.05) is 26.7 Å². The lowest BCUT2D eigenvalue weighted by Crippen LogP contribution is -2.56. The predicted molar refractivity (Wildman–Crippen MR) is 89.3 cm³/mol. The van der Waals surface area contributed by atoms with Gasteiger partial charge in [0.1, 0.15) is 0 Å². The summed E-state index contributed by atoms with van der Waals surface area (Å²) in [7, 11) is -5.74. The third-order valence-electron chi connectivity index (χ3n) is 2.53. The van der Waals surface area contributed by atoms with Crippen LogP contribution in [0.5, 0.6) is 0 Å². The number of rotatable bonds is 11. The molecule has 9 heteroatoms. The summed E-state index contributed by atoms with van der Waals surface area (Å²) in [4.78, 5) is 10.8. The van der Waals surface area contributed by atoms with Gasteiger partial charge in [0.25, 0.3) is 0 Å². The van der Waals surface area contributed by atoms with E-state index in [1.165, 1.54) is 0 Å². The fourth-order valence-corrected chi connectivity index (χ4v) is 10.9. The van der Waals surface area contributed by atoms with Gasteiger partial charge in [0.15, 0.2) is 8.32 Å². The van der Waals surface area contributed by atoms with Crippen molar-refractivity contribution >= 4 is 25.7 Å². The van der Waals surface area contributed by atoms with Gasteiger partial charge in [0, 0.05) is 26.2 Å². The van der Waals surface area contributed by atoms with Crippen LogP contribution in [0.25, 0.3) is 0 Å². The lowest BCUT2D eigenvalue weighted by atomic mass is 10.5. The van der Waals surface area contributed by atoms with Gasteiger partial charge in [-0.25, -0.2) is 0 Å². The molecule has 0 aromatic heterocycles. The summed E-state index contributed by atoms with van der Waals surface area (Å²) in [5.74, 6) is 0. The van der Waals surface area contributed by atoms with Gasteiger partial charge < -0.3 is 28.5 Å². The predicted octanol–water partition coefficient (Wildman–Crippen LogP) is 1.07. The second kappa shape index (κ2) is 8.76. The van der Waals surface area contributed by atoms with Gasteiger partial charge in [-0.1, -0.05) is 0 Å². The van der Waals surface area contributed by atoms with Crippen molar-refractivity contribution in [3.8, 4) is 0 Å². The zero-order valence-electron chi connectivity index (χ0n) is 13.8. The van der Waals surface area contributed by atoms with Gasteiger partial charge in [-0.2, -0.15) is 0 Å². The summed E-state index contributed by atoms with van der Waals surface area (Å²) in [5.41, 5.74) is 5.42. The van der Waals surface area contributed by atoms with Crippen LogP contribution < -0.4 is 11.1 Å². The Balaban J connectivity index is 4.54. The Morgan fingerprint density at radius 1 is 1.05 bits per heavy atom. The summed E-state index contributed by atoms with van der Waals surface area (Å²) in [6.07, 6.45) is 0.807. The molecule has 0 aliphatic carbocycles. The van der Waals surface area contributed by atoms with Gasteiger partial charge in [0.05, 0.1) is 0 Å². The first-order valence-corrected chi connectivity index (χ1v) is 15.3. The molecule has 0 rings (SSSR count). The van der Waals surface area contributed by atoms with Gasteiger partial charge in [-0.15, -0.1) is 0 Å². The van der Waals surface area contributed by atoms with E-state index in [4.69, 9.17) is 18.4 Å². The molecule has 0 aliphatic heterocycles. The van der Waals surface area contributed by atoms with Crippen LogP contribution in [-0.2, 0) is 12.7 Å². The summed E-state index contributed by atoms with van der Waals surface area (Å²) in [5, 5.41) is 3.21. The molecular weight excluding hydrogens is 308 g/mol. The first-order chi connectivity index (χ1) is 9.04. The van der Waals surface area contributed by atoms with Crippen LogP contribution in [0.15, 0.2) is 0 Å². The molecule has 0 saturated carbocycles. The average Bonchev–Trinajstić information content (AvgIpc) is 2.25. The van der Waals surface area contributed by atoms with E-state index in [0.717, 1.165) is 19.5 Å². The molecule has 122 valence electrons. The minimum absolute atomic E-state index is 0.550. The first-order valence-electron chi connectivity index (χ1n) is 7.12. The van der Waals surface area contributed by atoms with Crippen LogP contribution in [0.1, 0.15) is 6.42 Å². The van der Waals surface area contributed by atoms with Crippen molar-refractivity contribution in [1.82, 2.24) is 5.32 Å². The molecule has 20 heavy (non-hydrogen) atoms. The van der Waals surface area contributed by atoms with E-state index in [0.29, 0.717) is 12.6 Å². The van der Waals surface area contributed by atoms with Crippen LogP contribution in [0.2, 0.25) is 38.8 Å². The third kappa shape index (κ3) is 10.2. The molecule has 6 nitrogen and oxygen atoms in total. The number of nitrogens with two attached hydrogens (primary N) is 1. The Bertz CT molecular complexity index is 277. The minimum Gasteiger partial charge on any atom is -0.416 e. The van der Waals surface area contributed by atoms with Crippen molar-refractivity contribution in [3.05, 3.63) is 0 Å². The first kappa shape index (κ1) is 20.4. The van der Waals surface area contributed by atoms with Crippen LogP contribution in [0.3, 0.4) is 0 Å². The van der Waals surface area contributed by atoms with Crippen molar-refractivity contribution in [2.24, 2.45) is 5.73 Å². The Morgan fingerprint density at radius 2 is 1.65 bits per heavy atom. The summed E-state index contributed by atoms with van der Waals surface area (Å²) >= 11 is 0. The molecule has 0 aliphatic rings. The monoisotopic (exact) mass is 340 g/mol. The van der Waals surface area contributed by atoms with E-state index in [-0.39, 0.29) is 0 Å². The molecule has 0 bridgehead atoms. The van der Waals surface area contributed by atoms with E-state index in [2.05, 4.69) is 25.0 Å². The molecule has 0 aromatic carbocycles. The smallest absolute Gasteiger partial charge is 0.416 e. The van der Waals surface area contributed by atoms with Crippen molar-refractivity contribution in [3.63, 3.8) is 0 Å². The largest absolute Gasteiger partial charge is 0.478 e. The van der Waals surface area contributed by atoms with Gasteiger partial charge in [0.2, 0.25) is 0 Å². The molecule has 0 spiro atoms. The zero-order chi connectivity index (χ0) is 15.9. The molecule has 0 saturated heterocycles. The quantitative estimate of drug-likeness (QED) is 0.385. The van der Waals surface area contributed by atoms with E-state index in [1.807, 2.05) is 13.1 Å². The lowest BCUT2D eigenvalue weighted by Gasteiger charge is -2.36. The minimum atomic E-state index is -3.17. The number of hydrogen-bond donors (Lipinski definition) is 3. The Labute approximate surface area is 126 Å². The maximum absolute atomic E-state index is 10.8. The van der Waals surface area contributed by atoms with Gasteiger partial charge in [-0.3, -0.25) is 0 Å². The maximum Gasteiger partial charge on any atom is 0.478 e. The SMILES string of the molecule is CO[Si](C)(C)O[Si](O)(CCCNCCN)O[Si](C)(C)C. The zero-order valence-corrected chi connectivity index (χ0v) is 16.8. The van der Waals surface area contributed by atoms with Crippen LogP contribution >= 0.6 is 0 Å².